The van der Waals surface area contributed by atoms with Crippen molar-refractivity contribution in [2.75, 3.05) is 0 Å². The van der Waals surface area contributed by atoms with Crippen LogP contribution in [0, 0.1) is 6.92 Å². The summed E-state index contributed by atoms with van der Waals surface area (Å²) in [5.41, 5.74) is 10.7. The molecule has 1 aromatic heterocycles. The first-order valence-corrected chi connectivity index (χ1v) is 6.94. The van der Waals surface area contributed by atoms with Crippen LogP contribution in [0.25, 0.3) is 0 Å². The number of nitrogens with zero attached hydrogens (tertiary/aromatic N) is 1. The number of benzene rings is 1. The number of pyridine rings is 1. The lowest BCUT2D eigenvalue weighted by molar-refractivity contribution is 0.701. The van der Waals surface area contributed by atoms with Crippen LogP contribution in [-0.2, 0) is 12.8 Å². The normalized spacial score (nSPS) is 12.4. The van der Waals surface area contributed by atoms with E-state index in [1.165, 1.54) is 5.56 Å². The molecule has 19 heavy (non-hydrogen) atoms. The third kappa shape index (κ3) is 3.34. The average molecular weight is 275 g/mol. The predicted molar refractivity (Wildman–Crippen MR) is 80.4 cm³/mol. The van der Waals surface area contributed by atoms with Gasteiger partial charge in [-0.1, -0.05) is 36.7 Å². The third-order valence-corrected chi connectivity index (χ3v) is 3.84. The highest BCUT2D eigenvalue weighted by atomic mass is 35.5. The molecule has 0 aliphatic rings. The van der Waals surface area contributed by atoms with Gasteiger partial charge in [0.1, 0.15) is 0 Å². The van der Waals surface area contributed by atoms with E-state index in [1.54, 1.807) is 0 Å². The van der Waals surface area contributed by atoms with Gasteiger partial charge in [-0.05, 0) is 42.2 Å². The number of aromatic nitrogens is 1. The van der Waals surface area contributed by atoms with E-state index in [-0.39, 0.29) is 6.04 Å². The largest absolute Gasteiger partial charge is 0.324 e. The Morgan fingerprint density at radius 3 is 2.68 bits per heavy atom. The van der Waals surface area contributed by atoms with Crippen molar-refractivity contribution in [1.82, 2.24) is 4.98 Å². The Kier molecular flexibility index (Phi) is 4.56. The smallest absolute Gasteiger partial charge is 0.0438 e. The highest BCUT2D eigenvalue weighted by Crippen LogP contribution is 2.24. The Labute approximate surface area is 119 Å². The molecule has 100 valence electrons. The number of nitrogens with two attached hydrogens (primary N) is 1. The molecule has 1 heterocycles. The van der Waals surface area contributed by atoms with Gasteiger partial charge in [0.25, 0.3) is 0 Å². The Bertz CT molecular complexity index is 549. The molecule has 1 unspecified atom stereocenters. The fraction of sp³-hybridized carbons (Fsp3) is 0.312. The van der Waals surface area contributed by atoms with Crippen LogP contribution in [0.1, 0.15) is 35.3 Å². The molecule has 1 atom stereocenters. The van der Waals surface area contributed by atoms with Crippen LogP contribution in [0.2, 0.25) is 5.02 Å². The van der Waals surface area contributed by atoms with E-state index in [2.05, 4.69) is 24.0 Å². The minimum Gasteiger partial charge on any atom is -0.324 e. The number of hydrogen-bond donors (Lipinski definition) is 1. The Balaban J connectivity index is 2.15. The molecule has 2 N–H and O–H groups in total. The van der Waals surface area contributed by atoms with Crippen LogP contribution >= 0.6 is 11.6 Å². The fourth-order valence-electron chi connectivity index (χ4n) is 2.15. The first-order valence-electron chi connectivity index (χ1n) is 6.56. The molecule has 0 saturated carbocycles. The average Bonchev–Trinajstić information content (AvgIpc) is 2.42. The third-order valence-electron chi connectivity index (χ3n) is 3.43. The zero-order valence-corrected chi connectivity index (χ0v) is 12.1. The topological polar surface area (TPSA) is 38.9 Å². The highest BCUT2D eigenvalue weighted by molar-refractivity contribution is 6.31. The van der Waals surface area contributed by atoms with Crippen molar-refractivity contribution >= 4 is 11.6 Å². The lowest BCUT2D eigenvalue weighted by Gasteiger charge is -2.15. The van der Waals surface area contributed by atoms with E-state index in [0.29, 0.717) is 0 Å². The maximum absolute atomic E-state index is 6.27. The molecule has 0 saturated heterocycles. The van der Waals surface area contributed by atoms with Gasteiger partial charge in [-0.3, -0.25) is 4.98 Å². The molecule has 0 aliphatic carbocycles. The van der Waals surface area contributed by atoms with Gasteiger partial charge in [0.05, 0.1) is 0 Å². The summed E-state index contributed by atoms with van der Waals surface area (Å²) >= 11 is 6.13. The summed E-state index contributed by atoms with van der Waals surface area (Å²) < 4.78 is 0. The van der Waals surface area contributed by atoms with E-state index in [9.17, 15) is 0 Å². The van der Waals surface area contributed by atoms with Gasteiger partial charge in [-0.25, -0.2) is 0 Å². The summed E-state index contributed by atoms with van der Waals surface area (Å²) in [6.07, 6.45) is 3.66. The molecule has 0 radical (unpaired) electrons. The van der Waals surface area contributed by atoms with E-state index < -0.39 is 0 Å². The molecule has 2 nitrogen and oxygen atoms in total. The summed E-state index contributed by atoms with van der Waals surface area (Å²) in [6.45, 7) is 4.13. The van der Waals surface area contributed by atoms with Crippen molar-refractivity contribution in [3.8, 4) is 0 Å². The van der Waals surface area contributed by atoms with Crippen LogP contribution in [0.3, 0.4) is 0 Å². The van der Waals surface area contributed by atoms with Gasteiger partial charge in [0.2, 0.25) is 0 Å². The standard InChI is InChI=1S/C16H19ClN2/c1-3-12-7-8-13(19-10-12)9-16(18)14-5-4-6-15(17)11(14)2/h4-8,10,16H,3,9,18H2,1-2H3. The van der Waals surface area contributed by atoms with Crippen molar-refractivity contribution in [3.05, 3.63) is 63.9 Å². The van der Waals surface area contributed by atoms with Crippen LogP contribution < -0.4 is 5.73 Å². The quantitative estimate of drug-likeness (QED) is 0.920. The van der Waals surface area contributed by atoms with Crippen LogP contribution in [0.5, 0.6) is 0 Å². The lowest BCUT2D eigenvalue weighted by atomic mass is 9.98. The first kappa shape index (κ1) is 14.0. The SMILES string of the molecule is CCc1ccc(CC(N)c2cccc(Cl)c2C)nc1. The highest BCUT2D eigenvalue weighted by Gasteiger charge is 2.12. The molecular weight excluding hydrogens is 256 g/mol. The summed E-state index contributed by atoms with van der Waals surface area (Å²) in [4.78, 5) is 4.45. The number of rotatable bonds is 4. The van der Waals surface area contributed by atoms with Crippen molar-refractivity contribution in [3.63, 3.8) is 0 Å². The van der Waals surface area contributed by atoms with Crippen molar-refractivity contribution < 1.29 is 0 Å². The first-order chi connectivity index (χ1) is 9.11. The zero-order valence-electron chi connectivity index (χ0n) is 11.4. The Hall–Kier alpha value is -1.38. The van der Waals surface area contributed by atoms with E-state index >= 15 is 0 Å². The molecule has 2 aromatic rings. The molecule has 0 fully saturated rings. The summed E-state index contributed by atoms with van der Waals surface area (Å²) in [7, 11) is 0. The molecule has 0 amide bonds. The molecule has 0 aliphatic heterocycles. The van der Waals surface area contributed by atoms with Crippen molar-refractivity contribution in [2.24, 2.45) is 5.73 Å². The van der Waals surface area contributed by atoms with Crippen molar-refractivity contribution in [2.45, 2.75) is 32.7 Å². The predicted octanol–water partition coefficient (Wildman–Crippen LogP) is 3.85. The summed E-state index contributed by atoms with van der Waals surface area (Å²) in [5, 5.41) is 0.766. The number of halogens is 1. The van der Waals surface area contributed by atoms with Crippen LogP contribution in [-0.4, -0.2) is 4.98 Å². The number of hydrogen-bond acceptors (Lipinski definition) is 2. The Morgan fingerprint density at radius 1 is 1.26 bits per heavy atom. The lowest BCUT2D eigenvalue weighted by Crippen LogP contribution is -2.15. The molecule has 3 heteroatoms. The van der Waals surface area contributed by atoms with E-state index in [0.717, 1.165) is 34.7 Å². The van der Waals surface area contributed by atoms with E-state index in [4.69, 9.17) is 17.3 Å². The minimum absolute atomic E-state index is 0.0707. The minimum atomic E-state index is -0.0707. The molecule has 0 bridgehead atoms. The van der Waals surface area contributed by atoms with Gasteiger partial charge in [0, 0.05) is 29.4 Å². The molecular formula is C16H19ClN2. The molecule has 1 aromatic carbocycles. The number of aryl methyl sites for hydroxylation is 1. The second-order valence-electron chi connectivity index (χ2n) is 4.78. The van der Waals surface area contributed by atoms with Crippen LogP contribution in [0.4, 0.5) is 0 Å². The second kappa shape index (κ2) is 6.18. The van der Waals surface area contributed by atoms with Gasteiger partial charge < -0.3 is 5.73 Å². The maximum Gasteiger partial charge on any atom is 0.0438 e. The Morgan fingerprint density at radius 2 is 2.05 bits per heavy atom. The fourth-order valence-corrected chi connectivity index (χ4v) is 2.33. The molecule has 0 spiro atoms. The molecule has 2 rings (SSSR count). The maximum atomic E-state index is 6.27. The van der Waals surface area contributed by atoms with Gasteiger partial charge >= 0.3 is 0 Å². The van der Waals surface area contributed by atoms with Crippen LogP contribution in [0.15, 0.2) is 36.5 Å². The van der Waals surface area contributed by atoms with Gasteiger partial charge in [0.15, 0.2) is 0 Å². The second-order valence-corrected chi connectivity index (χ2v) is 5.18. The zero-order chi connectivity index (χ0) is 13.8. The van der Waals surface area contributed by atoms with E-state index in [1.807, 2.05) is 31.3 Å². The van der Waals surface area contributed by atoms with Gasteiger partial charge in [-0.15, -0.1) is 0 Å². The monoisotopic (exact) mass is 274 g/mol. The summed E-state index contributed by atoms with van der Waals surface area (Å²) in [5.74, 6) is 0. The van der Waals surface area contributed by atoms with Crippen molar-refractivity contribution in [1.29, 1.82) is 0 Å². The summed E-state index contributed by atoms with van der Waals surface area (Å²) in [6, 6.07) is 9.96. The van der Waals surface area contributed by atoms with Gasteiger partial charge in [-0.2, -0.15) is 0 Å².